The van der Waals surface area contributed by atoms with Crippen molar-refractivity contribution in [2.75, 3.05) is 11.9 Å². The van der Waals surface area contributed by atoms with Crippen molar-refractivity contribution >= 4 is 33.1 Å². The lowest BCUT2D eigenvalue weighted by Gasteiger charge is -2.10. The van der Waals surface area contributed by atoms with Gasteiger partial charge in [-0.2, -0.15) is 11.3 Å². The normalized spacial score (nSPS) is 12.4. The minimum atomic E-state index is -0.493. The molecule has 84 valence electrons. The van der Waals surface area contributed by atoms with Gasteiger partial charge in [-0.25, -0.2) is 4.98 Å². The second-order valence-corrected chi connectivity index (χ2v) is 4.89. The van der Waals surface area contributed by atoms with Crippen LogP contribution >= 0.6 is 27.3 Å². The van der Waals surface area contributed by atoms with Crippen LogP contribution in [0.4, 0.5) is 5.82 Å². The molecule has 3 nitrogen and oxygen atoms in total. The highest BCUT2D eigenvalue weighted by Crippen LogP contribution is 2.17. The third-order valence-electron chi connectivity index (χ3n) is 2.12. The highest BCUT2D eigenvalue weighted by molar-refractivity contribution is 9.10. The minimum Gasteiger partial charge on any atom is -0.387 e. The number of anilines is 1. The number of aliphatic hydroxyl groups is 1. The van der Waals surface area contributed by atoms with Crippen LogP contribution in [0.25, 0.3) is 0 Å². The molecular weight excluding hydrogens is 288 g/mol. The van der Waals surface area contributed by atoms with Crippen LogP contribution in [0.15, 0.2) is 39.6 Å². The Balaban J connectivity index is 1.92. The third kappa shape index (κ3) is 3.04. The van der Waals surface area contributed by atoms with Crippen molar-refractivity contribution in [2.45, 2.75) is 6.10 Å². The zero-order chi connectivity index (χ0) is 11.4. The molecule has 0 saturated heterocycles. The first-order valence-electron chi connectivity index (χ1n) is 4.82. The van der Waals surface area contributed by atoms with E-state index in [0.717, 1.165) is 16.0 Å². The number of nitrogens with zero attached hydrogens (tertiary/aromatic N) is 1. The Morgan fingerprint density at radius 1 is 1.44 bits per heavy atom. The molecule has 2 heterocycles. The van der Waals surface area contributed by atoms with E-state index >= 15 is 0 Å². The van der Waals surface area contributed by atoms with Crippen molar-refractivity contribution < 1.29 is 5.11 Å². The molecule has 0 saturated carbocycles. The molecule has 2 N–H and O–H groups in total. The SMILES string of the molecule is OC(CNc1cccc(Br)n1)c1ccsc1. The van der Waals surface area contributed by atoms with Gasteiger partial charge < -0.3 is 10.4 Å². The Kier molecular flexibility index (Phi) is 3.93. The first kappa shape index (κ1) is 11.6. The fraction of sp³-hybridized carbons (Fsp3) is 0.182. The van der Waals surface area contributed by atoms with Gasteiger partial charge in [0.05, 0.1) is 6.10 Å². The molecule has 0 amide bonds. The van der Waals surface area contributed by atoms with Gasteiger partial charge in [0.1, 0.15) is 10.4 Å². The van der Waals surface area contributed by atoms with Gasteiger partial charge in [-0.3, -0.25) is 0 Å². The molecule has 2 aromatic rings. The first-order valence-corrected chi connectivity index (χ1v) is 6.56. The molecule has 2 rings (SSSR count). The lowest BCUT2D eigenvalue weighted by atomic mass is 10.2. The predicted octanol–water partition coefficient (Wildman–Crippen LogP) is 3.05. The van der Waals surface area contributed by atoms with Gasteiger partial charge >= 0.3 is 0 Å². The molecule has 0 aromatic carbocycles. The summed E-state index contributed by atoms with van der Waals surface area (Å²) < 4.78 is 0.780. The van der Waals surface area contributed by atoms with Crippen molar-refractivity contribution in [3.63, 3.8) is 0 Å². The molecule has 0 fully saturated rings. The molecule has 1 unspecified atom stereocenters. The number of thiophene rings is 1. The smallest absolute Gasteiger partial charge is 0.127 e. The van der Waals surface area contributed by atoms with Crippen LogP contribution in [0.1, 0.15) is 11.7 Å². The number of rotatable bonds is 4. The Morgan fingerprint density at radius 2 is 2.31 bits per heavy atom. The molecule has 0 bridgehead atoms. The molecule has 0 aliphatic carbocycles. The molecule has 0 radical (unpaired) electrons. The quantitative estimate of drug-likeness (QED) is 0.853. The first-order chi connectivity index (χ1) is 7.75. The summed E-state index contributed by atoms with van der Waals surface area (Å²) in [5, 5.41) is 16.8. The number of nitrogens with one attached hydrogen (secondary N) is 1. The summed E-state index contributed by atoms with van der Waals surface area (Å²) in [7, 11) is 0. The third-order valence-corrected chi connectivity index (χ3v) is 3.26. The van der Waals surface area contributed by atoms with Crippen LogP contribution in [-0.4, -0.2) is 16.6 Å². The summed E-state index contributed by atoms with van der Waals surface area (Å²) in [6.07, 6.45) is -0.493. The van der Waals surface area contributed by atoms with Gasteiger partial charge in [-0.15, -0.1) is 0 Å². The summed E-state index contributed by atoms with van der Waals surface area (Å²) in [5.41, 5.74) is 0.937. The molecular formula is C11H11BrN2OS. The van der Waals surface area contributed by atoms with Crippen LogP contribution in [-0.2, 0) is 0 Å². The van der Waals surface area contributed by atoms with Crippen LogP contribution in [0.3, 0.4) is 0 Å². The van der Waals surface area contributed by atoms with Gasteiger partial charge in [0.25, 0.3) is 0 Å². The highest BCUT2D eigenvalue weighted by atomic mass is 79.9. The summed E-state index contributed by atoms with van der Waals surface area (Å²) >= 11 is 4.88. The number of aromatic nitrogens is 1. The second-order valence-electron chi connectivity index (χ2n) is 3.30. The second kappa shape index (κ2) is 5.43. The topological polar surface area (TPSA) is 45.1 Å². The maximum absolute atomic E-state index is 9.84. The minimum absolute atomic E-state index is 0.459. The Labute approximate surface area is 106 Å². The van der Waals surface area contributed by atoms with Crippen LogP contribution in [0.5, 0.6) is 0 Å². The van der Waals surface area contributed by atoms with E-state index < -0.39 is 6.10 Å². The van der Waals surface area contributed by atoms with E-state index in [1.54, 1.807) is 11.3 Å². The van der Waals surface area contributed by atoms with E-state index in [2.05, 4.69) is 26.2 Å². The van der Waals surface area contributed by atoms with Crippen molar-refractivity contribution in [1.82, 2.24) is 4.98 Å². The van der Waals surface area contributed by atoms with Crippen LogP contribution < -0.4 is 5.32 Å². The lowest BCUT2D eigenvalue weighted by Crippen LogP contribution is -2.12. The standard InChI is InChI=1S/C11H11BrN2OS/c12-10-2-1-3-11(14-10)13-6-9(15)8-4-5-16-7-8/h1-5,7,9,15H,6H2,(H,13,14). The van der Waals surface area contributed by atoms with E-state index in [-0.39, 0.29) is 0 Å². The zero-order valence-electron chi connectivity index (χ0n) is 8.43. The van der Waals surface area contributed by atoms with Crippen molar-refractivity contribution in [2.24, 2.45) is 0 Å². The molecule has 0 aliphatic heterocycles. The van der Waals surface area contributed by atoms with Crippen molar-refractivity contribution in [3.8, 4) is 0 Å². The van der Waals surface area contributed by atoms with E-state index in [1.807, 2.05) is 35.0 Å². The molecule has 16 heavy (non-hydrogen) atoms. The van der Waals surface area contributed by atoms with E-state index in [0.29, 0.717) is 6.54 Å². The monoisotopic (exact) mass is 298 g/mol. The van der Waals surface area contributed by atoms with Gasteiger partial charge in [0, 0.05) is 6.54 Å². The fourth-order valence-corrected chi connectivity index (χ4v) is 2.34. The van der Waals surface area contributed by atoms with Crippen molar-refractivity contribution in [1.29, 1.82) is 0 Å². The van der Waals surface area contributed by atoms with Crippen LogP contribution in [0.2, 0.25) is 0 Å². The van der Waals surface area contributed by atoms with Gasteiger partial charge in [-0.05, 0) is 50.5 Å². The summed E-state index contributed by atoms with van der Waals surface area (Å²) in [6.45, 7) is 0.459. The molecule has 5 heteroatoms. The summed E-state index contributed by atoms with van der Waals surface area (Å²) in [5.74, 6) is 0.753. The number of halogens is 1. The average Bonchev–Trinajstić information content (AvgIpc) is 2.79. The highest BCUT2D eigenvalue weighted by Gasteiger charge is 2.07. The van der Waals surface area contributed by atoms with Gasteiger partial charge in [0.2, 0.25) is 0 Å². The van der Waals surface area contributed by atoms with Gasteiger partial charge in [0.15, 0.2) is 0 Å². The summed E-state index contributed by atoms with van der Waals surface area (Å²) in [6, 6.07) is 7.55. The van der Waals surface area contributed by atoms with Gasteiger partial charge in [-0.1, -0.05) is 6.07 Å². The summed E-state index contributed by atoms with van der Waals surface area (Å²) in [4.78, 5) is 4.22. The van der Waals surface area contributed by atoms with E-state index in [4.69, 9.17) is 0 Å². The van der Waals surface area contributed by atoms with Crippen molar-refractivity contribution in [3.05, 3.63) is 45.2 Å². The zero-order valence-corrected chi connectivity index (χ0v) is 10.8. The Hall–Kier alpha value is -0.910. The molecule has 2 aromatic heterocycles. The number of pyridine rings is 1. The maximum Gasteiger partial charge on any atom is 0.127 e. The fourth-order valence-electron chi connectivity index (χ4n) is 1.29. The predicted molar refractivity (Wildman–Crippen MR) is 69.7 cm³/mol. The number of hydrogen-bond donors (Lipinski definition) is 2. The lowest BCUT2D eigenvalue weighted by molar-refractivity contribution is 0.192. The van der Waals surface area contributed by atoms with Crippen LogP contribution in [0, 0.1) is 0 Å². The number of aliphatic hydroxyl groups excluding tert-OH is 1. The Morgan fingerprint density at radius 3 is 3.00 bits per heavy atom. The Bertz CT molecular complexity index is 447. The average molecular weight is 299 g/mol. The molecule has 0 spiro atoms. The maximum atomic E-state index is 9.84. The number of hydrogen-bond acceptors (Lipinski definition) is 4. The van der Waals surface area contributed by atoms with E-state index in [1.165, 1.54) is 0 Å². The molecule has 1 atom stereocenters. The molecule has 0 aliphatic rings. The largest absolute Gasteiger partial charge is 0.387 e. The van der Waals surface area contributed by atoms with E-state index in [9.17, 15) is 5.11 Å².